The van der Waals surface area contributed by atoms with E-state index in [2.05, 4.69) is 9.55 Å². The van der Waals surface area contributed by atoms with Crippen molar-refractivity contribution in [2.45, 2.75) is 38.8 Å². The van der Waals surface area contributed by atoms with Crippen LogP contribution in [0.4, 0.5) is 0 Å². The number of carbonyl (C=O) groups is 1. The number of imidazole rings is 1. The smallest absolute Gasteiger partial charge is 0.257 e. The van der Waals surface area contributed by atoms with Gasteiger partial charge in [0.25, 0.3) is 5.91 Å². The number of fused-ring (bicyclic) bond motifs is 1. The van der Waals surface area contributed by atoms with Crippen LogP contribution in [-0.4, -0.2) is 40.1 Å². The average molecular weight is 329 g/mol. The number of amides is 1. The van der Waals surface area contributed by atoms with Crippen molar-refractivity contribution in [1.82, 2.24) is 14.5 Å². The average Bonchev–Trinajstić information content (AvgIpc) is 3.09. The first-order chi connectivity index (χ1) is 11.8. The van der Waals surface area contributed by atoms with Gasteiger partial charge in [-0.15, -0.1) is 0 Å². The van der Waals surface area contributed by atoms with E-state index in [1.165, 1.54) is 31.1 Å². The Balaban J connectivity index is 1.59. The summed E-state index contributed by atoms with van der Waals surface area (Å²) >= 11 is 0. The minimum Gasteiger partial charge on any atom is -0.472 e. The van der Waals surface area contributed by atoms with Crippen LogP contribution in [0.25, 0.3) is 0 Å². The Kier molecular flexibility index (Phi) is 4.14. The quantitative estimate of drug-likeness (QED) is 0.817. The highest BCUT2D eigenvalue weighted by Crippen LogP contribution is 2.34. The number of furan rings is 1. The van der Waals surface area contributed by atoms with Crippen LogP contribution in [0.5, 0.6) is 0 Å². The molecule has 1 amide bonds. The van der Waals surface area contributed by atoms with E-state index in [1.54, 1.807) is 6.07 Å². The van der Waals surface area contributed by atoms with Gasteiger partial charge in [0, 0.05) is 31.3 Å². The van der Waals surface area contributed by atoms with Crippen LogP contribution in [0.2, 0.25) is 0 Å². The molecule has 6 heteroatoms. The van der Waals surface area contributed by atoms with Gasteiger partial charge in [-0.05, 0) is 31.7 Å². The van der Waals surface area contributed by atoms with Crippen LogP contribution in [0.15, 0.2) is 29.3 Å². The summed E-state index contributed by atoms with van der Waals surface area (Å²) in [5.74, 6) is 0.958. The summed E-state index contributed by atoms with van der Waals surface area (Å²) < 4.78 is 13.0. The van der Waals surface area contributed by atoms with E-state index in [9.17, 15) is 4.79 Å². The van der Waals surface area contributed by atoms with E-state index in [0.717, 1.165) is 18.2 Å². The number of rotatable bonds is 6. The molecule has 6 nitrogen and oxygen atoms in total. The Hall–Kier alpha value is -2.08. The van der Waals surface area contributed by atoms with E-state index in [0.29, 0.717) is 31.9 Å². The predicted molar refractivity (Wildman–Crippen MR) is 87.6 cm³/mol. The summed E-state index contributed by atoms with van der Waals surface area (Å²) in [7, 11) is 0. The second-order valence-electron chi connectivity index (χ2n) is 6.73. The van der Waals surface area contributed by atoms with Crippen molar-refractivity contribution in [3.8, 4) is 0 Å². The minimum absolute atomic E-state index is 0.00681. The Morgan fingerprint density at radius 3 is 3.04 bits per heavy atom. The molecule has 1 aliphatic heterocycles. The molecule has 0 bridgehead atoms. The first-order valence-corrected chi connectivity index (χ1v) is 8.69. The van der Waals surface area contributed by atoms with E-state index < -0.39 is 0 Å². The third-order valence-corrected chi connectivity index (χ3v) is 4.86. The zero-order valence-electron chi connectivity index (χ0n) is 14.0. The van der Waals surface area contributed by atoms with Crippen molar-refractivity contribution in [2.24, 2.45) is 5.92 Å². The van der Waals surface area contributed by atoms with Gasteiger partial charge >= 0.3 is 0 Å². The second-order valence-corrected chi connectivity index (χ2v) is 6.73. The summed E-state index contributed by atoms with van der Waals surface area (Å²) in [5.41, 5.74) is 2.85. The Morgan fingerprint density at radius 1 is 1.46 bits per heavy atom. The highest BCUT2D eigenvalue weighted by Gasteiger charge is 2.34. The van der Waals surface area contributed by atoms with Gasteiger partial charge in [-0.3, -0.25) is 4.79 Å². The topological polar surface area (TPSA) is 60.5 Å². The first-order valence-electron chi connectivity index (χ1n) is 8.69. The molecule has 1 saturated carbocycles. The van der Waals surface area contributed by atoms with Crippen molar-refractivity contribution < 1.29 is 13.9 Å². The Bertz CT molecular complexity index is 703. The molecule has 1 aliphatic carbocycles. The monoisotopic (exact) mass is 329 g/mol. The maximum absolute atomic E-state index is 12.7. The van der Waals surface area contributed by atoms with Crippen molar-refractivity contribution in [2.75, 3.05) is 19.8 Å². The lowest BCUT2D eigenvalue weighted by Crippen LogP contribution is -2.40. The van der Waals surface area contributed by atoms with E-state index in [4.69, 9.17) is 9.15 Å². The van der Waals surface area contributed by atoms with Gasteiger partial charge in [0.15, 0.2) is 0 Å². The third-order valence-electron chi connectivity index (χ3n) is 4.86. The molecule has 4 rings (SSSR count). The summed E-state index contributed by atoms with van der Waals surface area (Å²) in [5, 5.41) is 0. The van der Waals surface area contributed by atoms with Gasteiger partial charge in [-0.1, -0.05) is 0 Å². The summed E-state index contributed by atoms with van der Waals surface area (Å²) in [6, 6.07) is 1.71. The molecule has 1 fully saturated rings. The lowest BCUT2D eigenvalue weighted by atomic mass is 9.98. The van der Waals surface area contributed by atoms with Gasteiger partial charge in [-0.25, -0.2) is 4.98 Å². The van der Waals surface area contributed by atoms with Gasteiger partial charge in [0.1, 0.15) is 6.26 Å². The molecule has 2 aromatic heterocycles. The van der Waals surface area contributed by atoms with Crippen molar-refractivity contribution >= 4 is 5.91 Å². The van der Waals surface area contributed by atoms with Crippen molar-refractivity contribution in [3.63, 3.8) is 0 Å². The van der Waals surface area contributed by atoms with Gasteiger partial charge in [0.2, 0.25) is 0 Å². The fourth-order valence-electron chi connectivity index (χ4n) is 3.46. The molecular weight excluding hydrogens is 306 g/mol. The number of hydrogen-bond donors (Lipinski definition) is 0. The molecular formula is C18H23N3O3. The lowest BCUT2D eigenvalue weighted by Gasteiger charge is -2.33. The highest BCUT2D eigenvalue weighted by molar-refractivity contribution is 5.94. The zero-order chi connectivity index (χ0) is 16.5. The van der Waals surface area contributed by atoms with Crippen LogP contribution in [0.3, 0.4) is 0 Å². The van der Waals surface area contributed by atoms with Crippen molar-refractivity contribution in [3.05, 3.63) is 41.9 Å². The summed E-state index contributed by atoms with van der Waals surface area (Å²) in [6.45, 7) is 5.56. The maximum Gasteiger partial charge on any atom is 0.257 e. The third kappa shape index (κ3) is 2.98. The first kappa shape index (κ1) is 15.4. The van der Waals surface area contributed by atoms with E-state index >= 15 is 0 Å². The highest BCUT2D eigenvalue weighted by atomic mass is 16.5. The van der Waals surface area contributed by atoms with Crippen LogP contribution in [0, 0.1) is 5.92 Å². The molecule has 1 atom stereocenters. The van der Waals surface area contributed by atoms with E-state index in [1.807, 2.05) is 18.2 Å². The van der Waals surface area contributed by atoms with Crippen LogP contribution >= 0.6 is 0 Å². The molecule has 2 aliphatic rings. The normalized spacial score (nSPS) is 20.2. The standard InChI is InChI=1S/C18H23N3O3/c1-2-23-11-15-8-20(18(22)14-5-6-24-10-14)9-16-17(15)21(12-19-16)7-13-3-4-13/h5-6,10,12-13,15H,2-4,7-9,11H2,1H3. The number of hydrogen-bond acceptors (Lipinski definition) is 4. The fraction of sp³-hybridized carbons (Fsp3) is 0.556. The molecule has 0 N–H and O–H groups in total. The number of carbonyl (C=O) groups excluding carboxylic acids is 1. The molecule has 2 aromatic rings. The number of aromatic nitrogens is 2. The molecule has 0 spiro atoms. The molecule has 3 heterocycles. The molecule has 0 radical (unpaired) electrons. The second kappa shape index (κ2) is 6.43. The van der Waals surface area contributed by atoms with Crippen LogP contribution < -0.4 is 0 Å². The van der Waals surface area contributed by atoms with Gasteiger partial charge in [0.05, 0.1) is 37.0 Å². The maximum atomic E-state index is 12.7. The molecule has 0 aromatic carbocycles. The fourth-order valence-corrected chi connectivity index (χ4v) is 3.46. The SMILES string of the molecule is CCOCC1CN(C(=O)c2ccoc2)Cc2ncn(CC3CC3)c21. The summed E-state index contributed by atoms with van der Waals surface area (Å²) in [6.07, 6.45) is 7.60. The zero-order valence-corrected chi connectivity index (χ0v) is 14.0. The molecule has 0 saturated heterocycles. The van der Waals surface area contributed by atoms with Crippen molar-refractivity contribution in [1.29, 1.82) is 0 Å². The molecule has 128 valence electrons. The number of ether oxygens (including phenoxy) is 1. The van der Waals surface area contributed by atoms with Gasteiger partial charge < -0.3 is 18.6 Å². The molecule has 1 unspecified atom stereocenters. The Morgan fingerprint density at radius 2 is 2.33 bits per heavy atom. The van der Waals surface area contributed by atoms with E-state index in [-0.39, 0.29) is 11.8 Å². The predicted octanol–water partition coefficient (Wildman–Crippen LogP) is 2.66. The Labute approximate surface area is 141 Å². The summed E-state index contributed by atoms with van der Waals surface area (Å²) in [4.78, 5) is 19.1. The lowest BCUT2D eigenvalue weighted by molar-refractivity contribution is 0.0643. The van der Waals surface area contributed by atoms with Crippen LogP contribution in [0.1, 0.15) is 47.4 Å². The largest absolute Gasteiger partial charge is 0.472 e. The number of nitrogens with zero attached hydrogens (tertiary/aromatic N) is 3. The minimum atomic E-state index is -0.00681. The molecule has 24 heavy (non-hydrogen) atoms. The van der Waals surface area contributed by atoms with Gasteiger partial charge in [-0.2, -0.15) is 0 Å². The van der Waals surface area contributed by atoms with Crippen LogP contribution in [-0.2, 0) is 17.8 Å².